The van der Waals surface area contributed by atoms with E-state index in [9.17, 15) is 0 Å². The first-order valence-corrected chi connectivity index (χ1v) is 6.29. The number of ether oxygens (including phenoxy) is 1. The van der Waals surface area contributed by atoms with Crippen LogP contribution < -0.4 is 10.1 Å². The van der Waals surface area contributed by atoms with Crippen LogP contribution in [-0.2, 0) is 6.54 Å². The van der Waals surface area contributed by atoms with Crippen LogP contribution in [-0.4, -0.2) is 23.1 Å². The molecule has 0 aliphatic carbocycles. The molecule has 1 aromatic heterocycles. The van der Waals surface area contributed by atoms with Gasteiger partial charge in [0.25, 0.3) is 0 Å². The molecule has 0 fully saturated rings. The fraction of sp³-hybridized carbons (Fsp3) is 0.692. The van der Waals surface area contributed by atoms with E-state index in [2.05, 4.69) is 36.1 Å². The van der Waals surface area contributed by atoms with Gasteiger partial charge in [0.2, 0.25) is 0 Å². The second kappa shape index (κ2) is 7.22. The molecule has 0 atom stereocenters. The molecule has 0 radical (unpaired) electrons. The molecule has 0 saturated heterocycles. The molecule has 4 nitrogen and oxygen atoms in total. The van der Waals surface area contributed by atoms with Crippen LogP contribution in [0, 0.1) is 12.8 Å². The summed E-state index contributed by atoms with van der Waals surface area (Å²) in [6.45, 7) is 10.9. The average molecular weight is 237 g/mol. The van der Waals surface area contributed by atoms with E-state index in [4.69, 9.17) is 4.74 Å². The van der Waals surface area contributed by atoms with Gasteiger partial charge in [-0.05, 0) is 25.8 Å². The minimum atomic E-state index is 0.489. The van der Waals surface area contributed by atoms with Crippen molar-refractivity contribution < 1.29 is 4.74 Å². The van der Waals surface area contributed by atoms with Gasteiger partial charge in [0.15, 0.2) is 0 Å². The van der Waals surface area contributed by atoms with Crippen molar-refractivity contribution in [2.24, 2.45) is 5.92 Å². The zero-order chi connectivity index (χ0) is 12.7. The summed E-state index contributed by atoms with van der Waals surface area (Å²) >= 11 is 0. The first-order valence-electron chi connectivity index (χ1n) is 6.29. The third-order valence-electron chi connectivity index (χ3n) is 2.55. The molecule has 0 aromatic carbocycles. The van der Waals surface area contributed by atoms with E-state index in [0.29, 0.717) is 18.5 Å². The molecule has 0 bridgehead atoms. The van der Waals surface area contributed by atoms with Crippen molar-refractivity contribution in [2.75, 3.05) is 13.2 Å². The maximum absolute atomic E-state index is 5.51. The highest BCUT2D eigenvalue weighted by Crippen LogP contribution is 2.09. The Morgan fingerprint density at radius 2 is 2.18 bits per heavy atom. The molecular formula is C13H23N3O. The number of aromatic nitrogens is 2. The summed E-state index contributed by atoms with van der Waals surface area (Å²) in [6, 6.07) is 0.489. The molecule has 1 heterocycles. The van der Waals surface area contributed by atoms with Crippen molar-refractivity contribution >= 4 is 0 Å². The summed E-state index contributed by atoms with van der Waals surface area (Å²) in [5.41, 5.74) is 2.11. The topological polar surface area (TPSA) is 47.0 Å². The fourth-order valence-corrected chi connectivity index (χ4v) is 1.36. The van der Waals surface area contributed by atoms with Crippen LogP contribution in [0.1, 0.15) is 38.4 Å². The lowest BCUT2D eigenvalue weighted by Gasteiger charge is -2.09. The Hall–Kier alpha value is -1.16. The molecule has 0 aliphatic heterocycles. The summed E-state index contributed by atoms with van der Waals surface area (Å²) < 4.78 is 5.51. The third-order valence-corrected chi connectivity index (χ3v) is 2.55. The second-order valence-corrected chi connectivity index (χ2v) is 4.57. The lowest BCUT2D eigenvalue weighted by atomic mass is 10.1. The van der Waals surface area contributed by atoms with Crippen LogP contribution in [0.2, 0.25) is 0 Å². The van der Waals surface area contributed by atoms with Crippen LogP contribution in [0.3, 0.4) is 0 Å². The standard InChI is InChI=1S/C13H23N3O/c1-5-14-8-12-9-15-13(16-11(12)4)17-7-6-10(2)3/h9-10,14H,5-8H2,1-4H3. The zero-order valence-corrected chi connectivity index (χ0v) is 11.3. The number of rotatable bonds is 7. The summed E-state index contributed by atoms with van der Waals surface area (Å²) in [5, 5.41) is 3.26. The van der Waals surface area contributed by atoms with Crippen LogP contribution in [0.25, 0.3) is 0 Å². The molecule has 0 aliphatic rings. The van der Waals surface area contributed by atoms with E-state index in [0.717, 1.165) is 30.8 Å². The Balaban J connectivity index is 2.50. The smallest absolute Gasteiger partial charge is 0.316 e. The number of aryl methyl sites for hydroxylation is 1. The van der Waals surface area contributed by atoms with Crippen molar-refractivity contribution in [3.63, 3.8) is 0 Å². The van der Waals surface area contributed by atoms with E-state index in [-0.39, 0.29) is 0 Å². The fourth-order valence-electron chi connectivity index (χ4n) is 1.36. The van der Waals surface area contributed by atoms with Crippen LogP contribution in [0.5, 0.6) is 6.01 Å². The van der Waals surface area contributed by atoms with Crippen molar-refractivity contribution in [2.45, 2.75) is 40.7 Å². The lowest BCUT2D eigenvalue weighted by Crippen LogP contribution is -2.14. The van der Waals surface area contributed by atoms with Crippen LogP contribution in [0.15, 0.2) is 6.20 Å². The van der Waals surface area contributed by atoms with E-state index in [1.54, 1.807) is 0 Å². The molecular weight excluding hydrogens is 214 g/mol. The Morgan fingerprint density at radius 3 is 2.76 bits per heavy atom. The number of nitrogens with zero attached hydrogens (tertiary/aromatic N) is 2. The van der Waals surface area contributed by atoms with E-state index in [1.807, 2.05) is 13.1 Å². The predicted octanol–water partition coefficient (Wildman–Crippen LogP) is 2.32. The lowest BCUT2D eigenvalue weighted by molar-refractivity contribution is 0.267. The molecule has 0 spiro atoms. The summed E-state index contributed by atoms with van der Waals surface area (Å²) in [4.78, 5) is 8.57. The first-order chi connectivity index (χ1) is 8.13. The molecule has 0 saturated carbocycles. The molecule has 4 heteroatoms. The summed E-state index contributed by atoms with van der Waals surface area (Å²) in [5.74, 6) is 0.643. The van der Waals surface area contributed by atoms with Gasteiger partial charge in [-0.15, -0.1) is 0 Å². The summed E-state index contributed by atoms with van der Waals surface area (Å²) in [6.07, 6.45) is 2.87. The SMILES string of the molecule is CCNCc1cnc(OCCC(C)C)nc1C. The number of nitrogens with one attached hydrogen (secondary N) is 1. The van der Waals surface area contributed by atoms with Gasteiger partial charge in [0.1, 0.15) is 0 Å². The first kappa shape index (κ1) is 13.9. The Labute approximate surface area is 104 Å². The van der Waals surface area contributed by atoms with E-state index in [1.165, 1.54) is 0 Å². The largest absolute Gasteiger partial charge is 0.463 e. The summed E-state index contributed by atoms with van der Waals surface area (Å²) in [7, 11) is 0. The van der Waals surface area contributed by atoms with Gasteiger partial charge < -0.3 is 10.1 Å². The molecule has 17 heavy (non-hydrogen) atoms. The molecule has 1 N–H and O–H groups in total. The van der Waals surface area contributed by atoms with Crippen molar-refractivity contribution in [1.29, 1.82) is 0 Å². The average Bonchev–Trinajstić information content (AvgIpc) is 2.27. The molecule has 96 valence electrons. The Kier molecular flexibility index (Phi) is 5.91. The van der Waals surface area contributed by atoms with Gasteiger partial charge in [-0.3, -0.25) is 0 Å². The van der Waals surface area contributed by atoms with E-state index < -0.39 is 0 Å². The predicted molar refractivity (Wildman–Crippen MR) is 69.1 cm³/mol. The highest BCUT2D eigenvalue weighted by molar-refractivity contribution is 5.17. The molecule has 0 amide bonds. The monoisotopic (exact) mass is 237 g/mol. The minimum Gasteiger partial charge on any atom is -0.463 e. The Bertz CT molecular complexity index is 339. The van der Waals surface area contributed by atoms with Gasteiger partial charge in [-0.2, -0.15) is 0 Å². The van der Waals surface area contributed by atoms with E-state index >= 15 is 0 Å². The number of hydrogen-bond donors (Lipinski definition) is 1. The highest BCUT2D eigenvalue weighted by Gasteiger charge is 2.04. The van der Waals surface area contributed by atoms with Crippen molar-refractivity contribution in [3.05, 3.63) is 17.5 Å². The molecule has 1 aromatic rings. The van der Waals surface area contributed by atoms with Gasteiger partial charge in [-0.1, -0.05) is 20.8 Å². The third kappa shape index (κ3) is 5.13. The van der Waals surface area contributed by atoms with Gasteiger partial charge in [0.05, 0.1) is 6.61 Å². The van der Waals surface area contributed by atoms with Crippen molar-refractivity contribution in [1.82, 2.24) is 15.3 Å². The van der Waals surface area contributed by atoms with Gasteiger partial charge >= 0.3 is 6.01 Å². The second-order valence-electron chi connectivity index (χ2n) is 4.57. The zero-order valence-electron chi connectivity index (χ0n) is 11.3. The Morgan fingerprint density at radius 1 is 1.41 bits per heavy atom. The van der Waals surface area contributed by atoms with Crippen LogP contribution >= 0.6 is 0 Å². The maximum atomic E-state index is 5.51. The van der Waals surface area contributed by atoms with Crippen molar-refractivity contribution in [3.8, 4) is 6.01 Å². The maximum Gasteiger partial charge on any atom is 0.316 e. The normalized spacial score (nSPS) is 10.9. The highest BCUT2D eigenvalue weighted by atomic mass is 16.5. The molecule has 0 unspecified atom stereocenters. The van der Waals surface area contributed by atoms with Gasteiger partial charge in [0, 0.05) is 24.0 Å². The quantitative estimate of drug-likeness (QED) is 0.790. The minimum absolute atomic E-state index is 0.489. The van der Waals surface area contributed by atoms with Gasteiger partial charge in [-0.25, -0.2) is 9.97 Å². The number of hydrogen-bond acceptors (Lipinski definition) is 4. The molecule has 1 rings (SSSR count). The van der Waals surface area contributed by atoms with Crippen LogP contribution in [0.4, 0.5) is 0 Å².